The van der Waals surface area contributed by atoms with Crippen molar-refractivity contribution in [3.63, 3.8) is 0 Å². The van der Waals surface area contributed by atoms with Crippen molar-refractivity contribution in [3.8, 4) is 12.0 Å². The molecule has 96 valence electrons. The minimum atomic E-state index is 0.247. The van der Waals surface area contributed by atoms with Gasteiger partial charge in [0.1, 0.15) is 0 Å². The van der Waals surface area contributed by atoms with Crippen LogP contribution in [0.4, 0.5) is 5.95 Å². The number of anilines is 1. The van der Waals surface area contributed by atoms with E-state index in [1.54, 1.807) is 0 Å². The fraction of sp³-hybridized carbons (Fsp3) is 0.700. The maximum absolute atomic E-state index is 4.97. The van der Waals surface area contributed by atoms with Crippen LogP contribution in [0.1, 0.15) is 13.3 Å². The number of nitrogens with one attached hydrogen (secondary N) is 1. The third-order valence-corrected chi connectivity index (χ3v) is 2.73. The summed E-state index contributed by atoms with van der Waals surface area (Å²) < 4.78 is 9.95. The first-order chi connectivity index (χ1) is 8.19. The van der Waals surface area contributed by atoms with E-state index in [-0.39, 0.29) is 12.0 Å². The lowest BCUT2D eigenvalue weighted by molar-refractivity contribution is 0.341. The van der Waals surface area contributed by atoms with Gasteiger partial charge >= 0.3 is 12.0 Å². The van der Waals surface area contributed by atoms with E-state index < -0.39 is 0 Å². The summed E-state index contributed by atoms with van der Waals surface area (Å²) in [5.74, 6) is 1.57. The van der Waals surface area contributed by atoms with Gasteiger partial charge in [-0.05, 0) is 25.4 Å². The van der Waals surface area contributed by atoms with Gasteiger partial charge in [0, 0.05) is 6.04 Å². The molecule has 0 aliphatic rings. The Morgan fingerprint density at radius 2 is 1.76 bits per heavy atom. The first kappa shape index (κ1) is 13.8. The fourth-order valence-corrected chi connectivity index (χ4v) is 1.76. The van der Waals surface area contributed by atoms with Crippen molar-refractivity contribution in [2.45, 2.75) is 19.4 Å². The average molecular weight is 258 g/mol. The molecule has 7 heteroatoms. The van der Waals surface area contributed by atoms with Crippen molar-refractivity contribution in [1.29, 1.82) is 0 Å². The van der Waals surface area contributed by atoms with Crippen molar-refractivity contribution in [1.82, 2.24) is 15.0 Å². The molecule has 0 saturated carbocycles. The summed E-state index contributed by atoms with van der Waals surface area (Å²) in [7, 11) is 3.02. The van der Waals surface area contributed by atoms with Gasteiger partial charge in [-0.2, -0.15) is 21.7 Å². The zero-order chi connectivity index (χ0) is 12.7. The van der Waals surface area contributed by atoms with E-state index in [0.29, 0.717) is 12.0 Å². The largest absolute Gasteiger partial charge is 0.467 e. The summed E-state index contributed by atoms with van der Waals surface area (Å²) in [5, 5.41) is 3.19. The summed E-state index contributed by atoms with van der Waals surface area (Å²) in [6, 6.07) is 0.784. The molecule has 0 spiro atoms. The van der Waals surface area contributed by atoms with Crippen molar-refractivity contribution >= 4 is 17.7 Å². The van der Waals surface area contributed by atoms with Crippen LogP contribution in [0.2, 0.25) is 0 Å². The lowest BCUT2D eigenvalue weighted by Crippen LogP contribution is -2.18. The van der Waals surface area contributed by atoms with Gasteiger partial charge in [-0.15, -0.1) is 4.98 Å². The van der Waals surface area contributed by atoms with Crippen LogP contribution in [-0.4, -0.2) is 47.2 Å². The van der Waals surface area contributed by atoms with E-state index in [9.17, 15) is 0 Å². The Bertz CT molecular complexity index is 329. The molecule has 0 amide bonds. The van der Waals surface area contributed by atoms with Crippen LogP contribution >= 0.6 is 11.8 Å². The predicted octanol–water partition coefficient (Wildman–Crippen LogP) is 1.44. The van der Waals surface area contributed by atoms with Gasteiger partial charge in [-0.3, -0.25) is 0 Å². The van der Waals surface area contributed by atoms with Crippen LogP contribution in [0.15, 0.2) is 0 Å². The Morgan fingerprint density at radius 1 is 1.18 bits per heavy atom. The maximum Gasteiger partial charge on any atom is 0.324 e. The van der Waals surface area contributed by atoms with E-state index in [1.807, 2.05) is 11.8 Å². The molecular formula is C10H18N4O2S. The summed E-state index contributed by atoms with van der Waals surface area (Å²) in [6.45, 7) is 2.08. The highest BCUT2D eigenvalue weighted by molar-refractivity contribution is 7.98. The van der Waals surface area contributed by atoms with E-state index in [4.69, 9.17) is 9.47 Å². The van der Waals surface area contributed by atoms with Gasteiger partial charge in [-0.25, -0.2) is 0 Å². The molecule has 0 aliphatic carbocycles. The van der Waals surface area contributed by atoms with Gasteiger partial charge in [0.2, 0.25) is 5.95 Å². The normalized spacial score (nSPS) is 12.0. The number of thioether (sulfide) groups is 1. The second-order valence-electron chi connectivity index (χ2n) is 3.46. The third kappa shape index (κ3) is 4.64. The molecule has 0 aromatic carbocycles. The molecule has 1 unspecified atom stereocenters. The van der Waals surface area contributed by atoms with Crippen LogP contribution in [0.25, 0.3) is 0 Å². The maximum atomic E-state index is 4.97. The molecule has 6 nitrogen and oxygen atoms in total. The molecule has 0 radical (unpaired) electrons. The topological polar surface area (TPSA) is 69.2 Å². The first-order valence-corrected chi connectivity index (χ1v) is 6.68. The Hall–Kier alpha value is -1.24. The number of nitrogens with zero attached hydrogens (tertiary/aromatic N) is 3. The van der Waals surface area contributed by atoms with E-state index >= 15 is 0 Å². The molecule has 1 N–H and O–H groups in total. The number of rotatable bonds is 7. The molecule has 1 atom stereocenters. The van der Waals surface area contributed by atoms with Gasteiger partial charge in [0.15, 0.2) is 0 Å². The number of hydrogen-bond acceptors (Lipinski definition) is 7. The number of hydrogen-bond donors (Lipinski definition) is 1. The molecule has 17 heavy (non-hydrogen) atoms. The molecule has 1 heterocycles. The lowest BCUT2D eigenvalue weighted by atomic mass is 10.3. The van der Waals surface area contributed by atoms with Crippen molar-refractivity contribution in [2.24, 2.45) is 0 Å². The smallest absolute Gasteiger partial charge is 0.324 e. The highest BCUT2D eigenvalue weighted by Gasteiger charge is 2.09. The highest BCUT2D eigenvalue weighted by Crippen LogP contribution is 2.13. The van der Waals surface area contributed by atoms with Crippen LogP contribution in [0.5, 0.6) is 12.0 Å². The minimum absolute atomic E-state index is 0.247. The Balaban J connectivity index is 2.68. The standard InChI is InChI=1S/C10H18N4O2S/c1-7(5-6-17-4)11-8-12-9(15-2)14-10(13-8)16-3/h7H,5-6H2,1-4H3,(H,11,12,13,14). The summed E-state index contributed by atoms with van der Waals surface area (Å²) in [6.07, 6.45) is 3.12. The number of methoxy groups -OCH3 is 2. The Morgan fingerprint density at radius 3 is 2.24 bits per heavy atom. The van der Waals surface area contributed by atoms with Crippen LogP contribution in [-0.2, 0) is 0 Å². The Labute approximate surface area is 106 Å². The summed E-state index contributed by atoms with van der Waals surface area (Å²) in [5.41, 5.74) is 0. The monoisotopic (exact) mass is 258 g/mol. The zero-order valence-electron chi connectivity index (χ0n) is 10.6. The number of ether oxygens (including phenoxy) is 2. The lowest BCUT2D eigenvalue weighted by Gasteiger charge is -2.13. The van der Waals surface area contributed by atoms with E-state index in [0.717, 1.165) is 12.2 Å². The molecular weight excluding hydrogens is 240 g/mol. The Kier molecular flexibility index (Phi) is 5.82. The first-order valence-electron chi connectivity index (χ1n) is 5.29. The van der Waals surface area contributed by atoms with Crippen molar-refractivity contribution < 1.29 is 9.47 Å². The second-order valence-corrected chi connectivity index (χ2v) is 4.44. The van der Waals surface area contributed by atoms with Gasteiger partial charge in [-0.1, -0.05) is 0 Å². The van der Waals surface area contributed by atoms with E-state index in [2.05, 4.69) is 33.4 Å². The van der Waals surface area contributed by atoms with Gasteiger partial charge in [0.25, 0.3) is 0 Å². The predicted molar refractivity (Wildman–Crippen MR) is 69.0 cm³/mol. The molecule has 0 fully saturated rings. The van der Waals surface area contributed by atoms with Crippen LogP contribution in [0, 0.1) is 0 Å². The zero-order valence-corrected chi connectivity index (χ0v) is 11.4. The summed E-state index contributed by atoms with van der Waals surface area (Å²) >= 11 is 1.81. The van der Waals surface area contributed by atoms with Crippen LogP contribution in [0.3, 0.4) is 0 Å². The van der Waals surface area contributed by atoms with Gasteiger partial charge < -0.3 is 14.8 Å². The van der Waals surface area contributed by atoms with Crippen LogP contribution < -0.4 is 14.8 Å². The molecule has 1 aromatic heterocycles. The number of aromatic nitrogens is 3. The summed E-state index contributed by atoms with van der Waals surface area (Å²) in [4.78, 5) is 12.1. The SMILES string of the molecule is COc1nc(NC(C)CCSC)nc(OC)n1. The third-order valence-electron chi connectivity index (χ3n) is 2.09. The highest BCUT2D eigenvalue weighted by atomic mass is 32.2. The van der Waals surface area contributed by atoms with Crippen molar-refractivity contribution in [3.05, 3.63) is 0 Å². The fourth-order valence-electron chi connectivity index (χ4n) is 1.17. The molecule has 0 bridgehead atoms. The minimum Gasteiger partial charge on any atom is -0.467 e. The quantitative estimate of drug-likeness (QED) is 0.793. The second kappa shape index (κ2) is 7.16. The molecule has 0 aliphatic heterocycles. The van der Waals surface area contributed by atoms with E-state index in [1.165, 1.54) is 14.2 Å². The molecule has 0 saturated heterocycles. The molecule has 1 aromatic rings. The van der Waals surface area contributed by atoms with Gasteiger partial charge in [0.05, 0.1) is 14.2 Å². The average Bonchev–Trinajstić information content (AvgIpc) is 2.35. The van der Waals surface area contributed by atoms with Crippen molar-refractivity contribution in [2.75, 3.05) is 31.5 Å². The molecule has 1 rings (SSSR count).